The topological polar surface area (TPSA) is 33.1 Å². The third-order valence-electron chi connectivity index (χ3n) is 2.05. The lowest BCUT2D eigenvalue weighted by Crippen LogP contribution is -2.18. The van der Waals surface area contributed by atoms with Gasteiger partial charge in [-0.15, -0.1) is 11.6 Å². The largest absolute Gasteiger partial charge is 0.387 e. The number of nitrogens with zero attached hydrogens (tertiary/aromatic N) is 1. The van der Waals surface area contributed by atoms with Crippen LogP contribution in [0.15, 0.2) is 18.3 Å². The van der Waals surface area contributed by atoms with Crippen LogP contribution in [0.4, 0.5) is 0 Å². The average Bonchev–Trinajstić information content (AvgIpc) is 2.15. The second-order valence-corrected chi connectivity index (χ2v) is 4.67. The van der Waals surface area contributed by atoms with Crippen LogP contribution in [0.25, 0.3) is 0 Å². The Balaban J connectivity index is 3.16. The molecule has 1 heterocycles. The van der Waals surface area contributed by atoms with Gasteiger partial charge in [-0.1, -0.05) is 26.8 Å². The summed E-state index contributed by atoms with van der Waals surface area (Å²) in [6.07, 6.45) is 1.12. The summed E-state index contributed by atoms with van der Waals surface area (Å²) in [5.41, 5.74) is 1.67. The van der Waals surface area contributed by atoms with Crippen molar-refractivity contribution in [1.29, 1.82) is 0 Å². The fourth-order valence-electron chi connectivity index (χ4n) is 1.40. The number of alkyl halides is 1. The lowest BCUT2D eigenvalue weighted by molar-refractivity contribution is 0.199. The van der Waals surface area contributed by atoms with E-state index in [1.54, 1.807) is 6.20 Å². The molecular formula is C11H16ClNO. The molecule has 2 nitrogen and oxygen atoms in total. The van der Waals surface area contributed by atoms with Gasteiger partial charge in [0.25, 0.3) is 0 Å². The number of halogens is 1. The Kier molecular flexibility index (Phi) is 3.51. The molecule has 1 rings (SSSR count). The van der Waals surface area contributed by atoms with Crippen LogP contribution in [0, 0.1) is 0 Å². The molecule has 0 aliphatic rings. The third-order valence-corrected chi connectivity index (χ3v) is 2.35. The SMILES string of the molecule is CC(C)(C)c1ncccc1C(O)CCl. The second kappa shape index (κ2) is 4.28. The Hall–Kier alpha value is -0.600. The molecule has 0 amide bonds. The highest BCUT2D eigenvalue weighted by atomic mass is 35.5. The fourth-order valence-corrected chi connectivity index (χ4v) is 1.56. The molecule has 1 unspecified atom stereocenters. The monoisotopic (exact) mass is 213 g/mol. The minimum absolute atomic E-state index is 0.0658. The maximum Gasteiger partial charge on any atom is 0.0943 e. The summed E-state index contributed by atoms with van der Waals surface area (Å²) in [5, 5.41) is 9.70. The molecular weight excluding hydrogens is 198 g/mol. The van der Waals surface area contributed by atoms with Crippen LogP contribution in [-0.4, -0.2) is 16.0 Å². The molecule has 3 heteroatoms. The van der Waals surface area contributed by atoms with E-state index in [1.165, 1.54) is 0 Å². The highest BCUT2D eigenvalue weighted by molar-refractivity contribution is 6.18. The Morgan fingerprint density at radius 1 is 1.50 bits per heavy atom. The highest BCUT2D eigenvalue weighted by Gasteiger charge is 2.22. The van der Waals surface area contributed by atoms with Gasteiger partial charge < -0.3 is 5.11 Å². The Morgan fingerprint density at radius 2 is 2.14 bits per heavy atom. The van der Waals surface area contributed by atoms with Crippen molar-refractivity contribution in [2.75, 3.05) is 5.88 Å². The molecule has 0 fully saturated rings. The molecule has 1 aromatic rings. The average molecular weight is 214 g/mol. The molecule has 0 spiro atoms. The van der Waals surface area contributed by atoms with Gasteiger partial charge in [0.15, 0.2) is 0 Å². The molecule has 0 bridgehead atoms. The van der Waals surface area contributed by atoms with E-state index in [0.29, 0.717) is 0 Å². The van der Waals surface area contributed by atoms with Gasteiger partial charge in [0.05, 0.1) is 17.7 Å². The Labute approximate surface area is 89.9 Å². The van der Waals surface area contributed by atoms with E-state index >= 15 is 0 Å². The summed E-state index contributed by atoms with van der Waals surface area (Å²) in [6, 6.07) is 3.70. The second-order valence-electron chi connectivity index (χ2n) is 4.36. The zero-order chi connectivity index (χ0) is 10.8. The summed E-state index contributed by atoms with van der Waals surface area (Å²) in [5.74, 6) is 0.203. The van der Waals surface area contributed by atoms with E-state index in [9.17, 15) is 5.11 Å². The van der Waals surface area contributed by atoms with Crippen molar-refractivity contribution >= 4 is 11.6 Å². The van der Waals surface area contributed by atoms with Crippen LogP contribution in [-0.2, 0) is 5.41 Å². The predicted molar refractivity (Wildman–Crippen MR) is 58.6 cm³/mol. The molecule has 0 saturated heterocycles. The van der Waals surface area contributed by atoms with E-state index in [1.807, 2.05) is 12.1 Å². The lowest BCUT2D eigenvalue weighted by atomic mass is 9.87. The van der Waals surface area contributed by atoms with Crippen LogP contribution in [0.3, 0.4) is 0 Å². The first-order chi connectivity index (χ1) is 6.46. The Morgan fingerprint density at radius 3 is 2.64 bits per heavy atom. The maximum atomic E-state index is 9.70. The quantitative estimate of drug-likeness (QED) is 0.767. The number of hydrogen-bond donors (Lipinski definition) is 1. The third kappa shape index (κ3) is 2.46. The van der Waals surface area contributed by atoms with Crippen molar-refractivity contribution in [3.8, 4) is 0 Å². The van der Waals surface area contributed by atoms with Crippen molar-refractivity contribution in [2.24, 2.45) is 0 Å². The molecule has 0 saturated carbocycles. The first kappa shape index (κ1) is 11.5. The smallest absolute Gasteiger partial charge is 0.0943 e. The summed E-state index contributed by atoms with van der Waals surface area (Å²) in [6.45, 7) is 6.21. The first-order valence-corrected chi connectivity index (χ1v) is 5.19. The minimum atomic E-state index is -0.625. The zero-order valence-corrected chi connectivity index (χ0v) is 9.54. The molecule has 14 heavy (non-hydrogen) atoms. The van der Waals surface area contributed by atoms with Gasteiger partial charge in [-0.2, -0.15) is 0 Å². The molecule has 0 radical (unpaired) electrons. The van der Waals surface area contributed by atoms with Crippen LogP contribution < -0.4 is 0 Å². The molecule has 0 aliphatic heterocycles. The van der Waals surface area contributed by atoms with E-state index < -0.39 is 6.10 Å². The molecule has 78 valence electrons. The van der Waals surface area contributed by atoms with Gasteiger partial charge in [0.2, 0.25) is 0 Å². The molecule has 1 aromatic heterocycles. The summed E-state index contributed by atoms with van der Waals surface area (Å²) >= 11 is 5.63. The number of rotatable bonds is 2. The number of pyridine rings is 1. The van der Waals surface area contributed by atoms with Crippen LogP contribution in [0.2, 0.25) is 0 Å². The summed E-state index contributed by atoms with van der Waals surface area (Å²) in [7, 11) is 0. The van der Waals surface area contributed by atoms with E-state index in [-0.39, 0.29) is 11.3 Å². The van der Waals surface area contributed by atoms with E-state index in [4.69, 9.17) is 11.6 Å². The van der Waals surface area contributed by atoms with Crippen LogP contribution >= 0.6 is 11.6 Å². The molecule has 1 atom stereocenters. The Bertz CT molecular complexity index is 306. The summed E-state index contributed by atoms with van der Waals surface area (Å²) in [4.78, 5) is 4.30. The number of aromatic nitrogens is 1. The van der Waals surface area contributed by atoms with Crippen molar-refractivity contribution in [3.05, 3.63) is 29.6 Å². The fraction of sp³-hybridized carbons (Fsp3) is 0.545. The molecule has 0 aliphatic carbocycles. The van der Waals surface area contributed by atoms with Crippen molar-refractivity contribution in [2.45, 2.75) is 32.3 Å². The normalized spacial score (nSPS) is 14.1. The van der Waals surface area contributed by atoms with Gasteiger partial charge in [-0.25, -0.2) is 0 Å². The number of hydrogen-bond acceptors (Lipinski definition) is 2. The minimum Gasteiger partial charge on any atom is -0.387 e. The van der Waals surface area contributed by atoms with Gasteiger partial charge >= 0.3 is 0 Å². The molecule has 1 N–H and O–H groups in total. The van der Waals surface area contributed by atoms with Crippen LogP contribution in [0.1, 0.15) is 38.1 Å². The van der Waals surface area contributed by atoms with Gasteiger partial charge in [0, 0.05) is 17.2 Å². The predicted octanol–water partition coefficient (Wildman–Crippen LogP) is 2.65. The van der Waals surface area contributed by atoms with Crippen molar-refractivity contribution in [1.82, 2.24) is 4.98 Å². The van der Waals surface area contributed by atoms with Gasteiger partial charge in [-0.3, -0.25) is 4.98 Å². The van der Waals surface area contributed by atoms with Crippen molar-refractivity contribution in [3.63, 3.8) is 0 Å². The van der Waals surface area contributed by atoms with Crippen molar-refractivity contribution < 1.29 is 5.11 Å². The van der Waals surface area contributed by atoms with E-state index in [0.717, 1.165) is 11.3 Å². The van der Waals surface area contributed by atoms with Gasteiger partial charge in [0.1, 0.15) is 0 Å². The van der Waals surface area contributed by atoms with Gasteiger partial charge in [-0.05, 0) is 6.07 Å². The number of aliphatic hydroxyl groups excluding tert-OH is 1. The zero-order valence-electron chi connectivity index (χ0n) is 8.79. The molecule has 0 aromatic carbocycles. The summed E-state index contributed by atoms with van der Waals surface area (Å²) < 4.78 is 0. The highest BCUT2D eigenvalue weighted by Crippen LogP contribution is 2.27. The van der Waals surface area contributed by atoms with Crippen LogP contribution in [0.5, 0.6) is 0 Å². The van der Waals surface area contributed by atoms with E-state index in [2.05, 4.69) is 25.8 Å². The first-order valence-electron chi connectivity index (χ1n) is 4.66. The maximum absolute atomic E-state index is 9.70. The standard InChI is InChI=1S/C11H16ClNO/c1-11(2,3)10-8(9(14)7-12)5-4-6-13-10/h4-6,9,14H,7H2,1-3H3. The number of aliphatic hydroxyl groups is 1. The lowest BCUT2D eigenvalue weighted by Gasteiger charge is -2.22.